The van der Waals surface area contributed by atoms with E-state index in [4.69, 9.17) is 0 Å². The molecule has 0 bridgehead atoms. The first kappa shape index (κ1) is 14.0. The minimum absolute atomic E-state index is 0.0369. The molecule has 1 atom stereocenters. The van der Waals surface area contributed by atoms with Crippen LogP contribution in [0.5, 0.6) is 0 Å². The largest absolute Gasteiger partial charge is 0.352 e. The van der Waals surface area contributed by atoms with E-state index in [9.17, 15) is 9.59 Å². The lowest BCUT2D eigenvalue weighted by atomic mass is 9.97. The Hall–Kier alpha value is -1.91. The van der Waals surface area contributed by atoms with Gasteiger partial charge in [0.05, 0.1) is 5.92 Å². The number of aryl methyl sites for hydroxylation is 2. The topological polar surface area (TPSA) is 62.3 Å². The van der Waals surface area contributed by atoms with Crippen LogP contribution in [0.25, 0.3) is 0 Å². The molecule has 21 heavy (non-hydrogen) atoms. The molecule has 1 aromatic rings. The first-order valence-electron chi connectivity index (χ1n) is 7.62. The van der Waals surface area contributed by atoms with E-state index in [1.54, 1.807) is 11.9 Å². The second kappa shape index (κ2) is 5.84. The maximum Gasteiger partial charge on any atom is 0.225 e. The molecule has 2 amide bonds. The Balaban J connectivity index is 1.55. The number of amides is 2. The number of hydrogen-bond donors (Lipinski definition) is 1. The third-order valence-corrected chi connectivity index (χ3v) is 4.44. The number of pyridine rings is 1. The lowest BCUT2D eigenvalue weighted by Gasteiger charge is -2.28. The maximum absolute atomic E-state index is 12.2. The minimum atomic E-state index is -0.0879. The Kier molecular flexibility index (Phi) is 3.90. The van der Waals surface area contributed by atoms with Gasteiger partial charge in [-0.15, -0.1) is 0 Å². The van der Waals surface area contributed by atoms with E-state index >= 15 is 0 Å². The van der Waals surface area contributed by atoms with Crippen LogP contribution < -0.4 is 5.32 Å². The molecule has 2 aliphatic rings. The minimum Gasteiger partial charge on any atom is -0.352 e. The summed E-state index contributed by atoms with van der Waals surface area (Å²) in [5, 5.41) is 2.98. The summed E-state index contributed by atoms with van der Waals surface area (Å²) in [5.74, 6) is 0.0757. The van der Waals surface area contributed by atoms with E-state index in [0.29, 0.717) is 25.9 Å². The third-order valence-electron chi connectivity index (χ3n) is 4.44. The lowest BCUT2D eigenvalue weighted by Crippen LogP contribution is -2.43. The van der Waals surface area contributed by atoms with Crippen molar-refractivity contribution in [3.05, 3.63) is 29.1 Å². The van der Waals surface area contributed by atoms with Crippen molar-refractivity contribution in [2.45, 2.75) is 38.6 Å². The predicted molar refractivity (Wildman–Crippen MR) is 78.5 cm³/mol. The van der Waals surface area contributed by atoms with Gasteiger partial charge < -0.3 is 10.2 Å². The zero-order valence-corrected chi connectivity index (χ0v) is 12.4. The quantitative estimate of drug-likeness (QED) is 0.904. The number of piperidine rings is 1. The van der Waals surface area contributed by atoms with Crippen LogP contribution in [-0.4, -0.2) is 35.3 Å². The van der Waals surface area contributed by atoms with Crippen LogP contribution in [-0.2, 0) is 29.0 Å². The molecule has 1 saturated heterocycles. The molecule has 0 spiro atoms. The number of carbonyl (C=O) groups is 2. The van der Waals surface area contributed by atoms with Gasteiger partial charge in [-0.2, -0.15) is 0 Å². The van der Waals surface area contributed by atoms with Gasteiger partial charge in [-0.25, -0.2) is 0 Å². The molecule has 0 aromatic carbocycles. The Morgan fingerprint density at radius 3 is 3.10 bits per heavy atom. The van der Waals surface area contributed by atoms with Crippen molar-refractivity contribution in [2.24, 2.45) is 5.92 Å². The van der Waals surface area contributed by atoms with E-state index in [2.05, 4.69) is 16.4 Å². The van der Waals surface area contributed by atoms with Crippen LogP contribution >= 0.6 is 0 Å². The molecule has 1 aromatic heterocycles. The van der Waals surface area contributed by atoms with Gasteiger partial charge in [-0.05, 0) is 36.8 Å². The maximum atomic E-state index is 12.2. The molecular formula is C16H21N3O2. The molecule has 2 heterocycles. The van der Waals surface area contributed by atoms with Crippen molar-refractivity contribution in [2.75, 3.05) is 13.6 Å². The molecule has 5 nitrogen and oxygen atoms in total. The van der Waals surface area contributed by atoms with Crippen molar-refractivity contribution in [1.82, 2.24) is 15.2 Å². The molecule has 1 N–H and O–H groups in total. The van der Waals surface area contributed by atoms with E-state index in [1.165, 1.54) is 17.7 Å². The van der Waals surface area contributed by atoms with Gasteiger partial charge in [0.1, 0.15) is 0 Å². The SMILES string of the molecule is CN1C[C@@H](C(=O)NCc2cnc3c(c2)CCC3)CCC1=O. The number of nitrogens with one attached hydrogen (secondary N) is 1. The number of hydrogen-bond acceptors (Lipinski definition) is 3. The molecule has 0 radical (unpaired) electrons. The number of rotatable bonds is 3. The van der Waals surface area contributed by atoms with Crippen LogP contribution in [0.15, 0.2) is 12.3 Å². The van der Waals surface area contributed by atoms with Gasteiger partial charge in [0.15, 0.2) is 0 Å². The molecule has 112 valence electrons. The fourth-order valence-electron chi connectivity index (χ4n) is 3.13. The summed E-state index contributed by atoms with van der Waals surface area (Å²) >= 11 is 0. The van der Waals surface area contributed by atoms with Crippen molar-refractivity contribution < 1.29 is 9.59 Å². The predicted octanol–water partition coefficient (Wildman–Crippen LogP) is 1.05. The van der Waals surface area contributed by atoms with E-state index < -0.39 is 0 Å². The number of fused-ring (bicyclic) bond motifs is 1. The molecule has 1 aliphatic heterocycles. The number of nitrogens with zero attached hydrogens (tertiary/aromatic N) is 2. The Morgan fingerprint density at radius 2 is 2.29 bits per heavy atom. The molecule has 1 aliphatic carbocycles. The Bertz CT molecular complexity index is 571. The first-order valence-corrected chi connectivity index (χ1v) is 7.62. The highest BCUT2D eigenvalue weighted by molar-refractivity contribution is 5.83. The van der Waals surface area contributed by atoms with Gasteiger partial charge in [-0.3, -0.25) is 14.6 Å². The van der Waals surface area contributed by atoms with Gasteiger partial charge in [0.25, 0.3) is 0 Å². The summed E-state index contributed by atoms with van der Waals surface area (Å²) in [6, 6.07) is 2.16. The van der Waals surface area contributed by atoms with E-state index in [0.717, 1.165) is 18.4 Å². The lowest BCUT2D eigenvalue weighted by molar-refractivity contribution is -0.136. The fraction of sp³-hybridized carbons (Fsp3) is 0.562. The molecular weight excluding hydrogens is 266 g/mol. The van der Waals surface area contributed by atoms with E-state index in [-0.39, 0.29) is 17.7 Å². The standard InChI is InChI=1S/C16H21N3O2/c1-19-10-13(5-6-15(19)20)16(21)18-9-11-7-12-3-2-4-14(12)17-8-11/h7-8,13H,2-6,9-10H2,1H3,(H,18,21)/t13-/m0/s1. The number of likely N-dealkylation sites (tertiary alicyclic amines) is 1. The van der Waals surface area contributed by atoms with Crippen LogP contribution in [0.4, 0.5) is 0 Å². The fourth-order valence-corrected chi connectivity index (χ4v) is 3.13. The normalized spacial score (nSPS) is 21.3. The summed E-state index contributed by atoms with van der Waals surface area (Å²) in [6.45, 7) is 1.04. The van der Waals surface area contributed by atoms with E-state index in [1.807, 2.05) is 6.20 Å². The highest BCUT2D eigenvalue weighted by Gasteiger charge is 2.27. The monoisotopic (exact) mass is 287 g/mol. The molecule has 0 unspecified atom stereocenters. The van der Waals surface area contributed by atoms with Gasteiger partial charge in [-0.1, -0.05) is 6.07 Å². The summed E-state index contributed by atoms with van der Waals surface area (Å²) < 4.78 is 0. The molecule has 1 fully saturated rings. The third kappa shape index (κ3) is 3.06. The smallest absolute Gasteiger partial charge is 0.225 e. The van der Waals surface area contributed by atoms with Crippen LogP contribution in [0.1, 0.15) is 36.1 Å². The average molecular weight is 287 g/mol. The summed E-state index contributed by atoms with van der Waals surface area (Å²) in [6.07, 6.45) is 6.33. The Labute approximate surface area is 124 Å². The highest BCUT2D eigenvalue weighted by Crippen LogP contribution is 2.20. The highest BCUT2D eigenvalue weighted by atomic mass is 16.2. The molecule has 5 heteroatoms. The summed E-state index contributed by atoms with van der Waals surface area (Å²) in [4.78, 5) is 29.7. The Morgan fingerprint density at radius 1 is 1.43 bits per heavy atom. The van der Waals surface area contributed by atoms with Crippen LogP contribution in [0.2, 0.25) is 0 Å². The van der Waals surface area contributed by atoms with Gasteiger partial charge in [0, 0.05) is 38.4 Å². The van der Waals surface area contributed by atoms with Crippen molar-refractivity contribution in [1.29, 1.82) is 0 Å². The number of aromatic nitrogens is 1. The number of carbonyl (C=O) groups excluding carboxylic acids is 2. The first-order chi connectivity index (χ1) is 10.1. The molecule has 3 rings (SSSR count). The van der Waals surface area contributed by atoms with Crippen molar-refractivity contribution >= 4 is 11.8 Å². The summed E-state index contributed by atoms with van der Waals surface area (Å²) in [5.41, 5.74) is 3.59. The average Bonchev–Trinajstić information content (AvgIpc) is 2.95. The van der Waals surface area contributed by atoms with Crippen molar-refractivity contribution in [3.8, 4) is 0 Å². The van der Waals surface area contributed by atoms with Gasteiger partial charge in [0.2, 0.25) is 11.8 Å². The summed E-state index contributed by atoms with van der Waals surface area (Å²) in [7, 11) is 1.76. The second-order valence-corrected chi connectivity index (χ2v) is 6.03. The van der Waals surface area contributed by atoms with Crippen molar-refractivity contribution in [3.63, 3.8) is 0 Å². The second-order valence-electron chi connectivity index (χ2n) is 6.03. The van der Waals surface area contributed by atoms with Crippen LogP contribution in [0, 0.1) is 5.92 Å². The zero-order valence-electron chi connectivity index (χ0n) is 12.4. The zero-order chi connectivity index (χ0) is 14.8. The van der Waals surface area contributed by atoms with Gasteiger partial charge >= 0.3 is 0 Å². The molecule has 0 saturated carbocycles. The van der Waals surface area contributed by atoms with Crippen LogP contribution in [0.3, 0.4) is 0 Å².